The van der Waals surface area contributed by atoms with Crippen LogP contribution in [-0.2, 0) is 0 Å². The van der Waals surface area contributed by atoms with E-state index in [0.29, 0.717) is 10.8 Å². The van der Waals surface area contributed by atoms with Gasteiger partial charge in [0.15, 0.2) is 11.6 Å². The summed E-state index contributed by atoms with van der Waals surface area (Å²) in [6.07, 6.45) is 0. The normalized spacial score (nSPS) is 11.8. The van der Waals surface area contributed by atoms with E-state index in [1.165, 1.54) is 16.8 Å². The van der Waals surface area contributed by atoms with Gasteiger partial charge in [-0.1, -0.05) is 30.3 Å². The van der Waals surface area contributed by atoms with Crippen molar-refractivity contribution < 1.29 is 8.78 Å². The van der Waals surface area contributed by atoms with Gasteiger partial charge in [-0.2, -0.15) is 0 Å². The minimum absolute atomic E-state index is 0.322. The largest absolute Gasteiger partial charge is 0.204 e. The molecular formula is C22H12F2. The Hall–Kier alpha value is -3.00. The first-order valence-corrected chi connectivity index (χ1v) is 7.83. The van der Waals surface area contributed by atoms with Crippen molar-refractivity contribution in [1.82, 2.24) is 0 Å². The fourth-order valence-electron chi connectivity index (χ4n) is 3.45. The lowest BCUT2D eigenvalue weighted by molar-refractivity contribution is 0.517. The quantitative estimate of drug-likeness (QED) is 0.283. The molecule has 0 saturated heterocycles. The second-order valence-corrected chi connectivity index (χ2v) is 6.18. The van der Waals surface area contributed by atoms with Gasteiger partial charge in [0.25, 0.3) is 0 Å². The molecule has 5 aromatic rings. The van der Waals surface area contributed by atoms with E-state index in [9.17, 15) is 8.78 Å². The summed E-state index contributed by atoms with van der Waals surface area (Å²) in [5.41, 5.74) is 0. The lowest BCUT2D eigenvalue weighted by atomic mass is 9.97. The van der Waals surface area contributed by atoms with Gasteiger partial charge in [-0.25, -0.2) is 8.78 Å². The van der Waals surface area contributed by atoms with E-state index in [1.807, 2.05) is 24.3 Å². The number of benzene rings is 5. The monoisotopic (exact) mass is 314 g/mol. The van der Waals surface area contributed by atoms with Crippen molar-refractivity contribution >= 4 is 43.1 Å². The van der Waals surface area contributed by atoms with Gasteiger partial charge in [0.05, 0.1) is 0 Å². The third-order valence-electron chi connectivity index (χ3n) is 4.68. The smallest absolute Gasteiger partial charge is 0.166 e. The minimum atomic E-state index is -0.811. The summed E-state index contributed by atoms with van der Waals surface area (Å²) in [6.45, 7) is 0. The van der Waals surface area contributed by atoms with Crippen LogP contribution in [0.3, 0.4) is 0 Å². The van der Waals surface area contributed by atoms with Crippen molar-refractivity contribution in [3.63, 3.8) is 0 Å². The lowest BCUT2D eigenvalue weighted by Gasteiger charge is -2.08. The van der Waals surface area contributed by atoms with E-state index in [4.69, 9.17) is 0 Å². The number of hydrogen-bond acceptors (Lipinski definition) is 0. The minimum Gasteiger partial charge on any atom is -0.204 e. The molecule has 0 bridgehead atoms. The topological polar surface area (TPSA) is 0 Å². The molecule has 0 fully saturated rings. The Morgan fingerprint density at radius 2 is 0.958 bits per heavy atom. The number of fused-ring (bicyclic) bond motifs is 4. The Bertz CT molecular complexity index is 1270. The molecule has 0 aliphatic heterocycles. The van der Waals surface area contributed by atoms with Gasteiger partial charge in [-0.05, 0) is 80.2 Å². The standard InChI is InChI=1S/C22H12F2/c23-21-6-5-15-9-18-10-16-7-13-3-1-2-4-14(13)8-17(16)11-19(18)12-20(15)22(21)24/h1-12H. The Morgan fingerprint density at radius 3 is 1.58 bits per heavy atom. The number of hydrogen-bond donors (Lipinski definition) is 0. The van der Waals surface area contributed by atoms with Crippen LogP contribution in [0.4, 0.5) is 8.78 Å². The van der Waals surface area contributed by atoms with Crippen molar-refractivity contribution in [3.05, 3.63) is 84.4 Å². The molecule has 0 nitrogen and oxygen atoms in total. The highest BCUT2D eigenvalue weighted by Gasteiger charge is 2.09. The van der Waals surface area contributed by atoms with Crippen molar-refractivity contribution in [1.29, 1.82) is 0 Å². The van der Waals surface area contributed by atoms with Crippen molar-refractivity contribution in [2.45, 2.75) is 0 Å². The molecule has 114 valence electrons. The summed E-state index contributed by atoms with van der Waals surface area (Å²) in [4.78, 5) is 0. The fourth-order valence-corrected chi connectivity index (χ4v) is 3.45. The van der Waals surface area contributed by atoms with Gasteiger partial charge in [0, 0.05) is 5.39 Å². The molecule has 0 aliphatic rings. The molecule has 5 aromatic carbocycles. The van der Waals surface area contributed by atoms with E-state index in [-0.39, 0.29) is 0 Å². The second kappa shape index (κ2) is 4.75. The van der Waals surface area contributed by atoms with E-state index in [2.05, 4.69) is 30.3 Å². The molecule has 0 atom stereocenters. The zero-order valence-electron chi connectivity index (χ0n) is 12.7. The third kappa shape index (κ3) is 1.89. The van der Waals surface area contributed by atoms with E-state index < -0.39 is 11.6 Å². The van der Waals surface area contributed by atoms with Crippen LogP contribution >= 0.6 is 0 Å². The second-order valence-electron chi connectivity index (χ2n) is 6.18. The van der Waals surface area contributed by atoms with Crippen LogP contribution in [0.25, 0.3) is 43.1 Å². The maximum absolute atomic E-state index is 14.1. The molecule has 0 spiro atoms. The highest BCUT2D eigenvalue weighted by molar-refractivity contribution is 6.08. The molecule has 0 unspecified atom stereocenters. The molecular weight excluding hydrogens is 302 g/mol. The molecule has 0 radical (unpaired) electrons. The van der Waals surface area contributed by atoms with Gasteiger partial charge in [0.2, 0.25) is 0 Å². The number of rotatable bonds is 0. The first kappa shape index (κ1) is 13.4. The first-order valence-electron chi connectivity index (χ1n) is 7.83. The lowest BCUT2D eigenvalue weighted by Crippen LogP contribution is -1.87. The van der Waals surface area contributed by atoms with Crippen molar-refractivity contribution in [2.24, 2.45) is 0 Å². The third-order valence-corrected chi connectivity index (χ3v) is 4.68. The van der Waals surface area contributed by atoms with Crippen molar-refractivity contribution in [2.75, 3.05) is 0 Å². The Morgan fingerprint density at radius 1 is 0.458 bits per heavy atom. The van der Waals surface area contributed by atoms with Gasteiger partial charge < -0.3 is 0 Å². The summed E-state index contributed by atoms with van der Waals surface area (Å²) in [7, 11) is 0. The highest BCUT2D eigenvalue weighted by Crippen LogP contribution is 2.31. The Labute approximate surface area is 136 Å². The fraction of sp³-hybridized carbons (Fsp3) is 0. The van der Waals surface area contributed by atoms with E-state index in [0.717, 1.165) is 21.5 Å². The zero-order chi connectivity index (χ0) is 16.3. The molecule has 0 N–H and O–H groups in total. The molecule has 2 heteroatoms. The SMILES string of the molecule is Fc1ccc2cc3cc4cc5ccccc5cc4cc3cc2c1F. The molecule has 0 aliphatic carbocycles. The summed E-state index contributed by atoms with van der Waals surface area (Å²) in [5, 5.41) is 7.57. The summed E-state index contributed by atoms with van der Waals surface area (Å²) in [6, 6.07) is 23.1. The first-order chi connectivity index (χ1) is 11.7. The Kier molecular flexibility index (Phi) is 2.66. The van der Waals surface area contributed by atoms with Crippen LogP contribution in [0.1, 0.15) is 0 Å². The zero-order valence-corrected chi connectivity index (χ0v) is 12.7. The molecule has 0 heterocycles. The van der Waals surface area contributed by atoms with Crippen LogP contribution in [0.5, 0.6) is 0 Å². The summed E-state index contributed by atoms with van der Waals surface area (Å²) < 4.78 is 27.6. The molecule has 0 aromatic heterocycles. The summed E-state index contributed by atoms with van der Waals surface area (Å²) >= 11 is 0. The van der Waals surface area contributed by atoms with Crippen LogP contribution in [0.15, 0.2) is 72.8 Å². The molecule has 5 rings (SSSR count). The van der Waals surface area contributed by atoms with Gasteiger partial charge in [-0.3, -0.25) is 0 Å². The molecule has 0 saturated carbocycles. The van der Waals surface area contributed by atoms with Gasteiger partial charge >= 0.3 is 0 Å². The average molecular weight is 314 g/mol. The van der Waals surface area contributed by atoms with Crippen LogP contribution in [-0.4, -0.2) is 0 Å². The van der Waals surface area contributed by atoms with Crippen molar-refractivity contribution in [3.8, 4) is 0 Å². The molecule has 24 heavy (non-hydrogen) atoms. The van der Waals surface area contributed by atoms with E-state index >= 15 is 0 Å². The predicted molar refractivity (Wildman–Crippen MR) is 96.4 cm³/mol. The van der Waals surface area contributed by atoms with Gasteiger partial charge in [0.1, 0.15) is 0 Å². The number of halogens is 2. The molecule has 0 amide bonds. The van der Waals surface area contributed by atoms with Crippen LogP contribution in [0.2, 0.25) is 0 Å². The maximum atomic E-state index is 14.1. The predicted octanol–water partition coefficient (Wildman–Crippen LogP) is 6.58. The van der Waals surface area contributed by atoms with E-state index in [1.54, 1.807) is 12.1 Å². The average Bonchev–Trinajstić information content (AvgIpc) is 2.60. The summed E-state index contributed by atoms with van der Waals surface area (Å²) in [5.74, 6) is -1.60. The maximum Gasteiger partial charge on any atom is 0.166 e. The highest BCUT2D eigenvalue weighted by atomic mass is 19.2. The van der Waals surface area contributed by atoms with Crippen LogP contribution < -0.4 is 0 Å². The van der Waals surface area contributed by atoms with Gasteiger partial charge in [-0.15, -0.1) is 0 Å². The van der Waals surface area contributed by atoms with Crippen LogP contribution in [0, 0.1) is 11.6 Å². The Balaban J connectivity index is 1.91.